The minimum Gasteiger partial charge on any atom is -0.429 e. The quantitative estimate of drug-likeness (QED) is 0.0193. The van der Waals surface area contributed by atoms with Crippen LogP contribution in [0.5, 0.6) is 5.75 Å². The summed E-state index contributed by atoms with van der Waals surface area (Å²) in [5, 5.41) is 16.6. The van der Waals surface area contributed by atoms with Crippen molar-refractivity contribution in [3.05, 3.63) is 112 Å². The maximum atomic E-state index is 14.2. The molecule has 0 aromatic heterocycles. The molecule has 3 unspecified atom stereocenters. The van der Waals surface area contributed by atoms with Crippen LogP contribution in [0, 0.1) is 56.5 Å². The van der Waals surface area contributed by atoms with Crippen molar-refractivity contribution in [2.75, 3.05) is 24.6 Å². The number of nitrogens with one attached hydrogen (secondary N) is 2. The van der Waals surface area contributed by atoms with Gasteiger partial charge in [0, 0.05) is 50.2 Å². The normalized spacial score (nSPS) is 24.7. The summed E-state index contributed by atoms with van der Waals surface area (Å²) in [6.45, 7) is 12.7. The molecule has 9 atom stereocenters. The van der Waals surface area contributed by atoms with E-state index < -0.39 is 41.4 Å². The maximum Gasteiger partial charge on any atom is 0.514 e. The van der Waals surface area contributed by atoms with E-state index in [1.54, 1.807) is 29.8 Å². The summed E-state index contributed by atoms with van der Waals surface area (Å²) < 4.78 is 16.7. The molecule has 3 saturated carbocycles. The zero-order valence-corrected chi connectivity index (χ0v) is 44.2. The van der Waals surface area contributed by atoms with Gasteiger partial charge in [0.1, 0.15) is 24.9 Å². The topological polar surface area (TPSA) is 209 Å². The molecule has 15 heteroatoms. The number of benzene rings is 3. The van der Waals surface area contributed by atoms with E-state index in [9.17, 15) is 34.1 Å². The van der Waals surface area contributed by atoms with E-state index in [4.69, 9.17) is 19.9 Å². The molecule has 4 aliphatic carbocycles. The van der Waals surface area contributed by atoms with Crippen molar-refractivity contribution in [2.24, 2.45) is 52.1 Å². The lowest BCUT2D eigenvalue weighted by Crippen LogP contribution is -2.52. The number of rotatable bonds is 24. The summed E-state index contributed by atoms with van der Waals surface area (Å²) in [5.41, 5.74) is 9.38. The summed E-state index contributed by atoms with van der Waals surface area (Å²) in [4.78, 5) is 76.7. The zero-order valence-electron chi connectivity index (χ0n) is 44.2. The number of anilines is 1. The molecule has 0 radical (unpaired) electrons. The summed E-state index contributed by atoms with van der Waals surface area (Å²) >= 11 is 0. The molecule has 15 nitrogen and oxygen atoms in total. The molecular formula is C59H79N5O10. The number of carbonyl (C=O) groups is 5. The molecule has 4 aliphatic rings. The zero-order chi connectivity index (χ0) is 53.0. The van der Waals surface area contributed by atoms with Crippen LogP contribution in [0.3, 0.4) is 0 Å². The maximum absolute atomic E-state index is 14.2. The number of hydrogen-bond acceptors (Lipinski definition) is 10. The number of primary amides is 1. The van der Waals surface area contributed by atoms with E-state index in [0.717, 1.165) is 53.9 Å². The molecular weight excluding hydrogens is 939 g/mol. The van der Waals surface area contributed by atoms with Crippen LogP contribution < -0.4 is 26.0 Å². The summed E-state index contributed by atoms with van der Waals surface area (Å²) in [7, 11) is 0. The Morgan fingerprint density at radius 3 is 2.27 bits per heavy atom. The minimum absolute atomic E-state index is 0.0602. The summed E-state index contributed by atoms with van der Waals surface area (Å²) in [6, 6.07) is 19.2. The summed E-state index contributed by atoms with van der Waals surface area (Å²) in [5.74, 6) is 2.77. The molecule has 0 bridgehead atoms. The predicted octanol–water partition coefficient (Wildman–Crippen LogP) is 10.6. The van der Waals surface area contributed by atoms with Crippen molar-refractivity contribution in [3.8, 4) is 5.75 Å². The molecule has 3 aromatic rings. The molecule has 3 aromatic carbocycles. The van der Waals surface area contributed by atoms with Gasteiger partial charge in [-0.3, -0.25) is 29.3 Å². The van der Waals surface area contributed by atoms with Gasteiger partial charge in [-0.1, -0.05) is 108 Å². The Morgan fingerprint density at radius 1 is 0.838 bits per heavy atom. The largest absolute Gasteiger partial charge is 0.514 e. The van der Waals surface area contributed by atoms with Gasteiger partial charge < -0.3 is 35.5 Å². The van der Waals surface area contributed by atoms with Crippen molar-refractivity contribution in [1.29, 1.82) is 0 Å². The number of nitro groups is 1. The number of hydrogen-bond donors (Lipinski definition) is 3. The Morgan fingerprint density at radius 2 is 1.57 bits per heavy atom. The van der Waals surface area contributed by atoms with Crippen LogP contribution >= 0.6 is 0 Å². The number of allylic oxidation sites excluding steroid dienone is 1. The first-order valence-corrected chi connectivity index (χ1v) is 27.1. The van der Waals surface area contributed by atoms with Crippen LogP contribution in [0.4, 0.5) is 16.2 Å². The number of amides is 4. The van der Waals surface area contributed by atoms with Gasteiger partial charge in [-0.15, -0.1) is 0 Å². The average Bonchev–Trinajstić information content (AvgIpc) is 3.74. The van der Waals surface area contributed by atoms with Crippen LogP contribution in [0.15, 0.2) is 90.5 Å². The Bertz CT molecular complexity index is 2450. The van der Waals surface area contributed by atoms with Gasteiger partial charge in [0.25, 0.3) is 5.69 Å². The van der Waals surface area contributed by atoms with Gasteiger partial charge in [0.15, 0.2) is 0 Å². The third-order valence-electron chi connectivity index (χ3n) is 17.2. The second-order valence-corrected chi connectivity index (χ2v) is 22.5. The predicted molar refractivity (Wildman–Crippen MR) is 284 cm³/mol. The molecule has 0 spiro atoms. The third kappa shape index (κ3) is 14.2. The van der Waals surface area contributed by atoms with Crippen LogP contribution in [-0.4, -0.2) is 66.5 Å². The van der Waals surface area contributed by atoms with Crippen molar-refractivity contribution < 1.29 is 43.1 Å². The summed E-state index contributed by atoms with van der Waals surface area (Å²) in [6.07, 6.45) is 16.3. The molecule has 7 rings (SSSR count). The third-order valence-corrected chi connectivity index (χ3v) is 17.2. The van der Waals surface area contributed by atoms with Gasteiger partial charge >= 0.3 is 6.16 Å². The first-order chi connectivity index (χ1) is 35.4. The van der Waals surface area contributed by atoms with Crippen molar-refractivity contribution >= 4 is 41.2 Å². The molecule has 4 N–H and O–H groups in total. The SMILES string of the molecule is CC(C)CCC[C@@H](C)[C@H]1CCC2C3CC=C4C[C@@H](OCCCNC(=O)CCC(=O)N[C@@H](Cc5ccccc5)C(=O)N(CC(N)=O)c5ccc(COC(=O)Oc6ccc([N+](=O)[O-])cc6)cc5)CC[C@]4(C)C3CC[C@@]21C. The fraction of sp³-hybridized carbons (Fsp3) is 0.576. The van der Waals surface area contributed by atoms with Gasteiger partial charge in [0.05, 0.1) is 11.0 Å². The standard InChI is InChI=1S/C59H79N5O10/c1-39(2)11-9-12-40(3)49-25-26-50-48-24-17-43-36-47(29-31-58(43,4)51(48)30-32-59(49,50)5)72-34-10-33-61-54(66)27-28-55(67)62-52(35-41-13-7-6-8-14-41)56(68)63(37-53(60)65)44-18-15-42(16-19-44)38-73-57(69)74-46-22-20-45(21-23-46)64(70)71/h6-8,13-23,39-40,47-52H,9-12,24-38H2,1-5H3,(H2,60,65)(H,61,66)(H,62,67)/t40-,47+,48?,49-,50?,51?,52+,58+,59-/m1/s1. The van der Waals surface area contributed by atoms with Crippen LogP contribution in [0.25, 0.3) is 0 Å². The fourth-order valence-electron chi connectivity index (χ4n) is 13.3. The lowest BCUT2D eigenvalue weighted by Gasteiger charge is -2.58. The monoisotopic (exact) mass is 1020 g/mol. The second kappa shape index (κ2) is 25.4. The first kappa shape index (κ1) is 55.7. The lowest BCUT2D eigenvalue weighted by atomic mass is 9.47. The van der Waals surface area contributed by atoms with Crippen LogP contribution in [0.1, 0.15) is 136 Å². The number of nitrogens with two attached hydrogens (primary N) is 1. The smallest absolute Gasteiger partial charge is 0.429 e. The average molecular weight is 1020 g/mol. The highest BCUT2D eigenvalue weighted by molar-refractivity contribution is 6.03. The molecule has 4 amide bonds. The highest BCUT2D eigenvalue weighted by atomic mass is 16.7. The van der Waals surface area contributed by atoms with Gasteiger partial charge in [0.2, 0.25) is 23.6 Å². The Balaban J connectivity index is 0.847. The number of nitrogens with zero attached hydrogens (tertiary/aromatic N) is 2. The van der Waals surface area contributed by atoms with E-state index in [-0.39, 0.29) is 54.7 Å². The number of nitro benzene ring substituents is 1. The van der Waals surface area contributed by atoms with Gasteiger partial charge in [-0.2, -0.15) is 0 Å². The molecule has 0 aliphatic heterocycles. The van der Waals surface area contributed by atoms with Crippen molar-refractivity contribution in [2.45, 2.75) is 150 Å². The van der Waals surface area contributed by atoms with Crippen LogP contribution in [0.2, 0.25) is 0 Å². The van der Waals surface area contributed by atoms with Crippen molar-refractivity contribution in [1.82, 2.24) is 10.6 Å². The highest BCUT2D eigenvalue weighted by Crippen LogP contribution is 2.67. The number of fused-ring (bicyclic) bond motifs is 5. The molecule has 3 fully saturated rings. The van der Waals surface area contributed by atoms with E-state index >= 15 is 0 Å². The molecule has 0 saturated heterocycles. The number of non-ortho nitro benzene ring substituents is 1. The van der Waals surface area contributed by atoms with E-state index in [1.165, 1.54) is 87.0 Å². The molecule has 400 valence electrons. The number of ether oxygens (including phenoxy) is 3. The molecule has 74 heavy (non-hydrogen) atoms. The number of carbonyl (C=O) groups excluding carboxylic acids is 5. The lowest BCUT2D eigenvalue weighted by molar-refractivity contribution is -0.384. The fourth-order valence-corrected chi connectivity index (χ4v) is 13.3. The Labute approximate surface area is 437 Å². The van der Waals surface area contributed by atoms with E-state index in [1.807, 2.05) is 30.3 Å². The highest BCUT2D eigenvalue weighted by Gasteiger charge is 2.59. The second-order valence-electron chi connectivity index (χ2n) is 22.5. The Kier molecular flexibility index (Phi) is 19.1. The van der Waals surface area contributed by atoms with Gasteiger partial charge in [-0.25, -0.2) is 4.79 Å². The van der Waals surface area contributed by atoms with E-state index in [0.29, 0.717) is 36.2 Å². The van der Waals surface area contributed by atoms with Crippen LogP contribution in [-0.2, 0) is 41.7 Å². The molecule has 0 heterocycles. The Hall–Kier alpha value is -6.09. The van der Waals surface area contributed by atoms with Crippen molar-refractivity contribution in [3.63, 3.8) is 0 Å². The minimum atomic E-state index is -1.11. The van der Waals surface area contributed by atoms with E-state index in [2.05, 4.69) is 51.3 Å². The van der Waals surface area contributed by atoms with Gasteiger partial charge in [-0.05, 0) is 140 Å². The first-order valence-electron chi connectivity index (χ1n) is 27.1.